The topological polar surface area (TPSA) is 95.6 Å². The number of anilines is 3. The zero-order valence-electron chi connectivity index (χ0n) is 15.4. The minimum Gasteiger partial charge on any atom is -0.361 e. The lowest BCUT2D eigenvalue weighted by atomic mass is 10.1. The van der Waals surface area contributed by atoms with E-state index in [4.69, 9.17) is 0 Å². The molecule has 0 atom stereocenters. The summed E-state index contributed by atoms with van der Waals surface area (Å²) in [6.45, 7) is 3.64. The van der Waals surface area contributed by atoms with Crippen molar-refractivity contribution in [2.75, 3.05) is 10.6 Å². The second kappa shape index (κ2) is 7.61. The first-order chi connectivity index (χ1) is 13.6. The second-order valence-electron chi connectivity index (χ2n) is 6.14. The third-order valence-corrected chi connectivity index (χ3v) is 4.88. The monoisotopic (exact) mass is 390 g/mol. The lowest BCUT2D eigenvalue weighted by Crippen LogP contribution is -2.15. The van der Waals surface area contributed by atoms with Crippen LogP contribution in [0.5, 0.6) is 0 Å². The van der Waals surface area contributed by atoms with Crippen molar-refractivity contribution in [3.63, 3.8) is 0 Å². The van der Waals surface area contributed by atoms with Gasteiger partial charge in [0.15, 0.2) is 5.69 Å². The summed E-state index contributed by atoms with van der Waals surface area (Å²) < 4.78 is 0. The lowest BCUT2D eigenvalue weighted by Gasteiger charge is -2.08. The predicted octanol–water partition coefficient (Wildman–Crippen LogP) is 4.54. The molecule has 3 aromatic heterocycles. The van der Waals surface area contributed by atoms with Crippen LogP contribution in [0.25, 0.3) is 11.3 Å². The Morgan fingerprint density at radius 3 is 2.79 bits per heavy atom. The smallest absolute Gasteiger partial charge is 0.278 e. The van der Waals surface area contributed by atoms with Gasteiger partial charge in [-0.1, -0.05) is 12.1 Å². The van der Waals surface area contributed by atoms with Gasteiger partial charge in [-0.2, -0.15) is 0 Å². The fraction of sp³-hybridized carbons (Fsp3) is 0.100. The molecule has 0 aliphatic carbocycles. The number of nitrogens with one attached hydrogen (secondary N) is 3. The average Bonchev–Trinajstić information content (AvgIpc) is 3.32. The maximum absolute atomic E-state index is 12.7. The zero-order valence-corrected chi connectivity index (χ0v) is 16.2. The van der Waals surface area contributed by atoms with E-state index in [1.165, 1.54) is 11.3 Å². The number of aryl methyl sites for hydroxylation is 2. The van der Waals surface area contributed by atoms with Gasteiger partial charge in [-0.25, -0.2) is 15.0 Å². The Morgan fingerprint density at radius 2 is 2.00 bits per heavy atom. The van der Waals surface area contributed by atoms with Crippen LogP contribution < -0.4 is 10.6 Å². The van der Waals surface area contributed by atoms with Gasteiger partial charge in [0.05, 0.1) is 5.01 Å². The molecule has 1 aromatic carbocycles. The van der Waals surface area contributed by atoms with E-state index in [0.29, 0.717) is 22.3 Å². The van der Waals surface area contributed by atoms with Gasteiger partial charge in [-0.05, 0) is 49.7 Å². The minimum atomic E-state index is -0.314. The number of amides is 1. The molecule has 4 aromatic rings. The van der Waals surface area contributed by atoms with E-state index >= 15 is 0 Å². The number of hydrogen-bond acceptors (Lipinski definition) is 6. The molecule has 7 nitrogen and oxygen atoms in total. The number of rotatable bonds is 5. The number of carbonyl (C=O) groups excluding carboxylic acids is 1. The molecule has 0 saturated carbocycles. The van der Waals surface area contributed by atoms with Gasteiger partial charge in [-0.3, -0.25) is 4.79 Å². The molecule has 3 heterocycles. The summed E-state index contributed by atoms with van der Waals surface area (Å²) in [6.07, 6.45) is 3.49. The first-order valence-electron chi connectivity index (χ1n) is 8.68. The highest BCUT2D eigenvalue weighted by Gasteiger charge is 2.18. The van der Waals surface area contributed by atoms with E-state index in [-0.39, 0.29) is 5.91 Å². The lowest BCUT2D eigenvalue weighted by molar-refractivity contribution is 0.102. The molecule has 28 heavy (non-hydrogen) atoms. The number of nitrogens with zero attached hydrogens (tertiary/aromatic N) is 3. The maximum atomic E-state index is 12.7. The van der Waals surface area contributed by atoms with E-state index in [1.54, 1.807) is 19.2 Å². The molecule has 8 heteroatoms. The zero-order chi connectivity index (χ0) is 19.5. The Bertz CT molecular complexity index is 1120. The highest BCUT2D eigenvalue weighted by molar-refractivity contribution is 7.16. The highest BCUT2D eigenvalue weighted by atomic mass is 32.1. The van der Waals surface area contributed by atoms with E-state index in [0.717, 1.165) is 22.0 Å². The van der Waals surface area contributed by atoms with Crippen molar-refractivity contribution in [3.8, 4) is 11.3 Å². The molecule has 0 bridgehead atoms. The second-order valence-corrected chi connectivity index (χ2v) is 7.35. The molecule has 3 N–H and O–H groups in total. The number of hydrogen-bond donors (Lipinski definition) is 3. The molecule has 4 rings (SSSR count). The summed E-state index contributed by atoms with van der Waals surface area (Å²) in [7, 11) is 0. The summed E-state index contributed by atoms with van der Waals surface area (Å²) in [5, 5.41) is 7.59. The van der Waals surface area contributed by atoms with Crippen LogP contribution in [0.1, 0.15) is 21.3 Å². The fourth-order valence-corrected chi connectivity index (χ4v) is 3.61. The van der Waals surface area contributed by atoms with Crippen LogP contribution in [0.4, 0.5) is 16.5 Å². The molecule has 0 spiro atoms. The van der Waals surface area contributed by atoms with E-state index in [9.17, 15) is 4.79 Å². The molecule has 140 valence electrons. The number of aromatic nitrogens is 4. The highest BCUT2D eigenvalue weighted by Crippen LogP contribution is 2.30. The molecule has 0 fully saturated rings. The van der Waals surface area contributed by atoms with Gasteiger partial charge in [0.25, 0.3) is 5.91 Å². The first-order valence-corrected chi connectivity index (χ1v) is 9.49. The van der Waals surface area contributed by atoms with Gasteiger partial charge in [0.2, 0.25) is 0 Å². The van der Waals surface area contributed by atoms with Gasteiger partial charge in [-0.15, -0.1) is 11.3 Å². The van der Waals surface area contributed by atoms with Crippen LogP contribution in [0.15, 0.2) is 54.9 Å². The number of aromatic amines is 1. The van der Waals surface area contributed by atoms with Crippen molar-refractivity contribution in [3.05, 3.63) is 71.4 Å². The summed E-state index contributed by atoms with van der Waals surface area (Å²) in [6, 6.07) is 13.6. The Hall–Kier alpha value is -3.52. The molecule has 0 saturated heterocycles. The number of carbonyl (C=O) groups is 1. The first kappa shape index (κ1) is 17.9. The molecule has 1 amide bonds. The minimum absolute atomic E-state index is 0.314. The van der Waals surface area contributed by atoms with E-state index < -0.39 is 0 Å². The van der Waals surface area contributed by atoms with E-state index in [2.05, 4.69) is 30.6 Å². The summed E-state index contributed by atoms with van der Waals surface area (Å²) >= 11 is 1.43. The van der Waals surface area contributed by atoms with Crippen LogP contribution in [0.2, 0.25) is 0 Å². The van der Waals surface area contributed by atoms with Gasteiger partial charge >= 0.3 is 0 Å². The van der Waals surface area contributed by atoms with Crippen LogP contribution in [0.3, 0.4) is 0 Å². The van der Waals surface area contributed by atoms with Crippen molar-refractivity contribution in [2.45, 2.75) is 13.8 Å². The van der Waals surface area contributed by atoms with Crippen molar-refractivity contribution < 1.29 is 4.79 Å². The van der Waals surface area contributed by atoms with Crippen LogP contribution in [0, 0.1) is 13.8 Å². The maximum Gasteiger partial charge on any atom is 0.278 e. The third kappa shape index (κ3) is 3.91. The number of thiazole rings is 1. The van der Waals surface area contributed by atoms with Crippen molar-refractivity contribution >= 4 is 33.8 Å². The van der Waals surface area contributed by atoms with Crippen molar-refractivity contribution in [2.24, 2.45) is 0 Å². The number of benzene rings is 1. The normalized spacial score (nSPS) is 10.6. The Morgan fingerprint density at radius 1 is 1.11 bits per heavy atom. The quantitative estimate of drug-likeness (QED) is 0.465. The van der Waals surface area contributed by atoms with Gasteiger partial charge < -0.3 is 15.6 Å². The van der Waals surface area contributed by atoms with Crippen LogP contribution in [-0.2, 0) is 0 Å². The summed E-state index contributed by atoms with van der Waals surface area (Å²) in [5.41, 5.74) is 3.30. The largest absolute Gasteiger partial charge is 0.361 e. The third-order valence-electron chi connectivity index (χ3n) is 4.00. The predicted molar refractivity (Wildman–Crippen MR) is 111 cm³/mol. The molecule has 0 aliphatic rings. The van der Waals surface area contributed by atoms with Crippen molar-refractivity contribution in [1.82, 2.24) is 19.9 Å². The molecular formula is C20H18N6OS. The van der Waals surface area contributed by atoms with E-state index in [1.807, 2.05) is 49.5 Å². The summed E-state index contributed by atoms with van der Waals surface area (Å²) in [5.74, 6) is 0.722. The average molecular weight is 390 g/mol. The molecule has 0 aliphatic heterocycles. The SMILES string of the molecule is Cc1nccc(NC(=O)c2nc(C)sc2Nc2cccc(-c3ccc[nH]3)c2)n1. The molecule has 0 radical (unpaired) electrons. The summed E-state index contributed by atoms with van der Waals surface area (Å²) in [4.78, 5) is 28.6. The number of H-pyrrole nitrogens is 1. The van der Waals surface area contributed by atoms with Gasteiger partial charge in [0, 0.05) is 23.8 Å². The van der Waals surface area contributed by atoms with Gasteiger partial charge in [0.1, 0.15) is 16.6 Å². The van der Waals surface area contributed by atoms with Crippen LogP contribution >= 0.6 is 11.3 Å². The standard InChI is InChI=1S/C20H18N6OS/c1-12-21-10-8-17(23-12)26-19(27)18-20(28-13(2)24-18)25-15-6-3-5-14(11-15)16-7-4-9-22-16/h3-11,22,25H,1-2H3,(H,21,23,26,27). The molecule has 0 unspecified atom stereocenters. The molecular weight excluding hydrogens is 372 g/mol. The van der Waals surface area contributed by atoms with Crippen molar-refractivity contribution in [1.29, 1.82) is 0 Å². The Kier molecular flexibility index (Phi) is 4.86. The Balaban J connectivity index is 1.58. The Labute approximate surface area is 165 Å². The fourth-order valence-electron chi connectivity index (χ4n) is 2.77. The van der Waals surface area contributed by atoms with Crippen LogP contribution in [-0.4, -0.2) is 25.8 Å².